The molecule has 2 N–H and O–H groups in total. The Morgan fingerprint density at radius 3 is 2.78 bits per heavy atom. The Morgan fingerprint density at radius 2 is 2.07 bits per heavy atom. The summed E-state index contributed by atoms with van der Waals surface area (Å²) in [5, 5.41) is 17.0. The number of aromatic amines is 1. The Bertz CT molecular complexity index is 1020. The van der Waals surface area contributed by atoms with Crippen LogP contribution in [0.5, 0.6) is 0 Å². The number of amides is 1. The van der Waals surface area contributed by atoms with Crippen molar-refractivity contribution in [1.29, 1.82) is 0 Å². The van der Waals surface area contributed by atoms with E-state index >= 15 is 0 Å². The second-order valence-corrected chi connectivity index (χ2v) is 6.20. The number of carbonyl (C=O) groups is 1. The lowest BCUT2D eigenvalue weighted by Gasteiger charge is -2.09. The molecule has 0 aromatic carbocycles. The number of fused-ring (bicyclic) bond motifs is 1. The lowest BCUT2D eigenvalue weighted by Crippen LogP contribution is -2.28. The first-order valence-electron chi connectivity index (χ1n) is 8.11. The molecule has 0 unspecified atom stereocenters. The number of hydrogen-bond acceptors (Lipinski definition) is 5. The Hall–Kier alpha value is -2.76. The van der Waals surface area contributed by atoms with Gasteiger partial charge in [0.25, 0.3) is 0 Å². The summed E-state index contributed by atoms with van der Waals surface area (Å²) in [7, 11) is 0. The van der Waals surface area contributed by atoms with Crippen molar-refractivity contribution in [3.8, 4) is 0 Å². The zero-order valence-electron chi connectivity index (χ0n) is 14.2. The quantitative estimate of drug-likeness (QED) is 0.621. The third kappa shape index (κ3) is 4.15. The molecule has 0 atom stereocenters. The van der Waals surface area contributed by atoms with Crippen LogP contribution in [0.3, 0.4) is 0 Å². The van der Waals surface area contributed by atoms with E-state index in [0.29, 0.717) is 17.0 Å². The summed E-state index contributed by atoms with van der Waals surface area (Å²) in [6.45, 7) is 1.86. The number of aromatic nitrogens is 6. The Morgan fingerprint density at radius 1 is 1.30 bits per heavy atom. The summed E-state index contributed by atoms with van der Waals surface area (Å²) in [6.07, 6.45) is -2.07. The predicted octanol–water partition coefficient (Wildman–Crippen LogP) is 2.27. The number of carbonyl (C=O) groups excluding carboxylic acids is 1. The van der Waals surface area contributed by atoms with Crippen LogP contribution in [0.4, 0.5) is 13.2 Å². The van der Waals surface area contributed by atoms with Crippen molar-refractivity contribution in [2.45, 2.75) is 39.0 Å². The molecule has 144 valence electrons. The van der Waals surface area contributed by atoms with Crippen LogP contribution in [-0.4, -0.2) is 35.3 Å². The highest BCUT2D eigenvalue weighted by Crippen LogP contribution is 2.29. The van der Waals surface area contributed by atoms with Gasteiger partial charge in [-0.1, -0.05) is 6.92 Å². The topological polar surface area (TPSA) is 92.9 Å². The minimum Gasteiger partial charge on any atom is -0.347 e. The Balaban J connectivity index is 1.72. The average molecular weight is 399 g/mol. The summed E-state index contributed by atoms with van der Waals surface area (Å²) < 4.78 is 41.7. The van der Waals surface area contributed by atoms with E-state index in [1.807, 2.05) is 6.92 Å². The van der Waals surface area contributed by atoms with Crippen molar-refractivity contribution in [1.82, 2.24) is 34.7 Å². The highest BCUT2D eigenvalue weighted by molar-refractivity contribution is 7.71. The summed E-state index contributed by atoms with van der Waals surface area (Å²) in [6, 6.07) is 2.16. The highest BCUT2D eigenvalue weighted by atomic mass is 32.1. The standard InChI is InChI=1S/C15H16F3N7OS/c1-2-3-10-21-23-14(27)25(10)8-13(26)19-6-12-22-20-11-5-4-9(7-24(11)12)15(16,17)18/h4-5,7H,2-3,6,8H2,1H3,(H,19,26)(H,23,27). The second kappa shape index (κ2) is 7.47. The summed E-state index contributed by atoms with van der Waals surface area (Å²) >= 11 is 5.11. The van der Waals surface area contributed by atoms with Crippen molar-refractivity contribution < 1.29 is 18.0 Å². The van der Waals surface area contributed by atoms with E-state index < -0.39 is 11.7 Å². The van der Waals surface area contributed by atoms with Crippen LogP contribution in [0.1, 0.15) is 30.6 Å². The molecule has 3 aromatic rings. The van der Waals surface area contributed by atoms with Gasteiger partial charge in [0.2, 0.25) is 5.91 Å². The second-order valence-electron chi connectivity index (χ2n) is 5.82. The van der Waals surface area contributed by atoms with Gasteiger partial charge >= 0.3 is 6.18 Å². The lowest BCUT2D eigenvalue weighted by molar-refractivity contribution is -0.137. The van der Waals surface area contributed by atoms with Gasteiger partial charge in [-0.25, -0.2) is 0 Å². The first-order chi connectivity index (χ1) is 12.8. The fourth-order valence-corrected chi connectivity index (χ4v) is 2.75. The zero-order valence-corrected chi connectivity index (χ0v) is 15.1. The average Bonchev–Trinajstić information content (AvgIpc) is 3.17. The molecule has 0 bridgehead atoms. The highest BCUT2D eigenvalue weighted by Gasteiger charge is 2.31. The molecule has 3 heterocycles. The van der Waals surface area contributed by atoms with Gasteiger partial charge in [-0.15, -0.1) is 10.2 Å². The number of aryl methyl sites for hydroxylation is 1. The van der Waals surface area contributed by atoms with E-state index in [4.69, 9.17) is 12.2 Å². The summed E-state index contributed by atoms with van der Waals surface area (Å²) in [5.74, 6) is 0.489. The summed E-state index contributed by atoms with van der Waals surface area (Å²) in [5.41, 5.74) is -0.564. The maximum atomic E-state index is 12.9. The number of halogens is 3. The molecule has 0 aliphatic carbocycles. The van der Waals surface area contributed by atoms with Crippen molar-refractivity contribution in [3.05, 3.63) is 40.3 Å². The van der Waals surface area contributed by atoms with Gasteiger partial charge in [0.05, 0.1) is 12.1 Å². The third-order valence-corrected chi connectivity index (χ3v) is 4.17. The van der Waals surface area contributed by atoms with Crippen LogP contribution in [-0.2, 0) is 30.5 Å². The molecular formula is C15H16F3N7OS. The monoisotopic (exact) mass is 399 g/mol. The smallest absolute Gasteiger partial charge is 0.347 e. The van der Waals surface area contributed by atoms with E-state index in [2.05, 4.69) is 25.7 Å². The van der Waals surface area contributed by atoms with Crippen LogP contribution >= 0.6 is 12.2 Å². The number of nitrogens with one attached hydrogen (secondary N) is 2. The van der Waals surface area contributed by atoms with Gasteiger partial charge in [0.15, 0.2) is 16.2 Å². The molecular weight excluding hydrogens is 383 g/mol. The van der Waals surface area contributed by atoms with E-state index in [1.165, 1.54) is 10.5 Å². The van der Waals surface area contributed by atoms with Crippen LogP contribution < -0.4 is 5.32 Å². The first kappa shape index (κ1) is 19.0. The molecule has 0 radical (unpaired) electrons. The van der Waals surface area contributed by atoms with Crippen molar-refractivity contribution in [2.75, 3.05) is 0 Å². The molecule has 12 heteroatoms. The number of hydrogen-bond donors (Lipinski definition) is 2. The molecule has 0 aliphatic heterocycles. The molecule has 0 aliphatic rings. The minimum atomic E-state index is -4.48. The number of H-pyrrole nitrogens is 1. The van der Waals surface area contributed by atoms with Crippen LogP contribution in [0.25, 0.3) is 5.65 Å². The maximum Gasteiger partial charge on any atom is 0.417 e. The minimum absolute atomic E-state index is 0.0464. The van der Waals surface area contributed by atoms with E-state index in [-0.39, 0.29) is 30.5 Å². The largest absolute Gasteiger partial charge is 0.417 e. The van der Waals surface area contributed by atoms with E-state index in [0.717, 1.165) is 18.7 Å². The first-order valence-corrected chi connectivity index (χ1v) is 8.52. The normalized spacial score (nSPS) is 11.9. The molecule has 27 heavy (non-hydrogen) atoms. The number of alkyl halides is 3. The van der Waals surface area contributed by atoms with E-state index in [9.17, 15) is 18.0 Å². The third-order valence-electron chi connectivity index (χ3n) is 3.86. The number of rotatable bonds is 6. The fourth-order valence-electron chi connectivity index (χ4n) is 2.53. The van der Waals surface area contributed by atoms with Crippen LogP contribution in [0, 0.1) is 4.77 Å². The zero-order chi connectivity index (χ0) is 19.6. The Labute approximate surface area is 156 Å². The van der Waals surface area contributed by atoms with Gasteiger partial charge in [0.1, 0.15) is 12.4 Å². The van der Waals surface area contributed by atoms with Crippen LogP contribution in [0.15, 0.2) is 18.3 Å². The molecule has 0 saturated heterocycles. The van der Waals surface area contributed by atoms with Gasteiger partial charge in [-0.05, 0) is 30.8 Å². The van der Waals surface area contributed by atoms with Crippen molar-refractivity contribution in [3.63, 3.8) is 0 Å². The van der Waals surface area contributed by atoms with Gasteiger partial charge < -0.3 is 5.32 Å². The molecule has 0 saturated carbocycles. The van der Waals surface area contributed by atoms with Crippen molar-refractivity contribution >= 4 is 23.8 Å². The van der Waals surface area contributed by atoms with Crippen molar-refractivity contribution in [2.24, 2.45) is 0 Å². The lowest BCUT2D eigenvalue weighted by atomic mass is 10.3. The van der Waals surface area contributed by atoms with Gasteiger partial charge in [0, 0.05) is 12.6 Å². The van der Waals surface area contributed by atoms with E-state index in [1.54, 1.807) is 4.57 Å². The Kier molecular flexibility index (Phi) is 5.26. The molecule has 3 rings (SSSR count). The molecule has 0 fully saturated rings. The molecule has 3 aromatic heterocycles. The summed E-state index contributed by atoms with van der Waals surface area (Å²) in [4.78, 5) is 12.2. The fraction of sp³-hybridized carbons (Fsp3) is 0.400. The predicted molar refractivity (Wildman–Crippen MR) is 91.2 cm³/mol. The number of nitrogens with zero attached hydrogens (tertiary/aromatic N) is 5. The van der Waals surface area contributed by atoms with Crippen LogP contribution in [0.2, 0.25) is 0 Å². The SMILES string of the molecule is CCCc1n[nH]c(=S)n1CC(=O)NCc1nnc2ccc(C(F)(F)F)cn12. The maximum absolute atomic E-state index is 12.9. The number of pyridine rings is 1. The molecule has 1 amide bonds. The van der Waals surface area contributed by atoms with Gasteiger partial charge in [-0.2, -0.15) is 18.3 Å². The molecule has 8 nitrogen and oxygen atoms in total. The molecule has 0 spiro atoms. The van der Waals surface area contributed by atoms with Gasteiger partial charge in [-0.3, -0.25) is 18.9 Å².